The number of hydrogen-bond donors (Lipinski definition) is 2. The van der Waals surface area contributed by atoms with Gasteiger partial charge in [-0.05, 0) is 60.5 Å². The lowest BCUT2D eigenvalue weighted by molar-refractivity contribution is -0.119. The largest absolute Gasteiger partial charge is 0.493 e. The minimum absolute atomic E-state index is 0.259. The molecular weight excluding hydrogens is 424 g/mol. The van der Waals surface area contributed by atoms with Crippen molar-refractivity contribution in [2.75, 3.05) is 26.2 Å². The van der Waals surface area contributed by atoms with Crippen LogP contribution in [0.4, 0.5) is 0 Å². The van der Waals surface area contributed by atoms with Crippen LogP contribution in [0.1, 0.15) is 27.1 Å². The van der Waals surface area contributed by atoms with Crippen molar-refractivity contribution < 1.29 is 23.9 Å². The van der Waals surface area contributed by atoms with Crippen LogP contribution >= 0.6 is 23.5 Å². The summed E-state index contributed by atoms with van der Waals surface area (Å²) in [4.78, 5) is 37.7. The summed E-state index contributed by atoms with van der Waals surface area (Å²) in [5.74, 6) is 0.587. The summed E-state index contributed by atoms with van der Waals surface area (Å²) in [5, 5.41) is 2.41. The Labute approximate surface area is 184 Å². The van der Waals surface area contributed by atoms with E-state index in [0.29, 0.717) is 39.7 Å². The predicted molar refractivity (Wildman–Crippen MR) is 120 cm³/mol. The van der Waals surface area contributed by atoms with Gasteiger partial charge in [0.15, 0.2) is 11.5 Å². The van der Waals surface area contributed by atoms with Crippen molar-refractivity contribution in [3.63, 3.8) is 0 Å². The van der Waals surface area contributed by atoms with Crippen molar-refractivity contribution >= 4 is 40.5 Å². The summed E-state index contributed by atoms with van der Waals surface area (Å²) in [6.45, 7) is 0. The maximum Gasteiger partial charge on any atom is 0.253 e. The Bertz CT molecular complexity index is 920. The van der Waals surface area contributed by atoms with Crippen molar-refractivity contribution in [1.82, 2.24) is 5.32 Å². The van der Waals surface area contributed by atoms with Gasteiger partial charge in [-0.1, -0.05) is 12.1 Å². The fraction of sp³-hybridized carbons (Fsp3) is 0.286. The minimum atomic E-state index is -0.774. The number of methoxy groups -OCH3 is 2. The first-order chi connectivity index (χ1) is 14.4. The molecule has 0 aliphatic rings. The summed E-state index contributed by atoms with van der Waals surface area (Å²) in [6.07, 6.45) is 2.34. The summed E-state index contributed by atoms with van der Waals surface area (Å²) in [7, 11) is 3.01. The van der Waals surface area contributed by atoms with Crippen molar-refractivity contribution in [3.05, 3.63) is 53.6 Å². The lowest BCUT2D eigenvalue weighted by Gasteiger charge is -2.16. The fourth-order valence-corrected chi connectivity index (χ4v) is 3.96. The van der Waals surface area contributed by atoms with Gasteiger partial charge in [0.1, 0.15) is 6.04 Å². The molecule has 7 nitrogen and oxygen atoms in total. The number of amides is 2. The summed E-state index contributed by atoms with van der Waals surface area (Å²) >= 11 is 2.48. The molecule has 0 unspecified atom stereocenters. The van der Waals surface area contributed by atoms with Crippen LogP contribution in [0.25, 0.3) is 0 Å². The van der Waals surface area contributed by atoms with Gasteiger partial charge < -0.3 is 20.5 Å². The molecule has 0 saturated carbocycles. The normalized spacial score (nSPS) is 11.4. The van der Waals surface area contributed by atoms with E-state index < -0.39 is 17.9 Å². The molecule has 3 N–H and O–H groups in total. The third kappa shape index (κ3) is 6.17. The first-order valence-corrected chi connectivity index (χ1v) is 11.2. The van der Waals surface area contributed by atoms with Crippen LogP contribution in [0.2, 0.25) is 0 Å². The Morgan fingerprint density at radius 1 is 1.07 bits per heavy atom. The quantitative estimate of drug-likeness (QED) is 0.538. The predicted octanol–water partition coefficient (Wildman–Crippen LogP) is 2.97. The van der Waals surface area contributed by atoms with Gasteiger partial charge in [0.25, 0.3) is 5.91 Å². The smallest absolute Gasteiger partial charge is 0.253 e. The van der Waals surface area contributed by atoms with Gasteiger partial charge in [-0.3, -0.25) is 14.4 Å². The number of carbonyl (C=O) groups excluding carboxylic acids is 3. The monoisotopic (exact) mass is 448 g/mol. The Balaban J connectivity index is 2.21. The van der Waals surface area contributed by atoms with E-state index in [4.69, 9.17) is 15.2 Å². The lowest BCUT2D eigenvalue weighted by Crippen LogP contribution is -2.44. The number of nitrogens with two attached hydrogens (primary N) is 1. The van der Waals surface area contributed by atoms with Crippen molar-refractivity contribution in [2.24, 2.45) is 5.73 Å². The molecule has 2 aromatic carbocycles. The maximum absolute atomic E-state index is 12.8. The van der Waals surface area contributed by atoms with E-state index in [-0.39, 0.29) is 5.12 Å². The van der Waals surface area contributed by atoms with Crippen LogP contribution in [-0.2, 0) is 4.79 Å². The van der Waals surface area contributed by atoms with Gasteiger partial charge in [-0.2, -0.15) is 11.8 Å². The van der Waals surface area contributed by atoms with Crippen molar-refractivity contribution in [3.8, 4) is 11.5 Å². The van der Waals surface area contributed by atoms with E-state index >= 15 is 0 Å². The highest BCUT2D eigenvalue weighted by molar-refractivity contribution is 8.14. The Hall–Kier alpha value is -2.65. The van der Waals surface area contributed by atoms with E-state index in [0.717, 1.165) is 11.8 Å². The zero-order chi connectivity index (χ0) is 22.1. The van der Waals surface area contributed by atoms with E-state index in [1.807, 2.05) is 6.26 Å². The topological polar surface area (TPSA) is 108 Å². The van der Waals surface area contributed by atoms with Crippen LogP contribution in [0, 0.1) is 0 Å². The molecule has 30 heavy (non-hydrogen) atoms. The van der Waals surface area contributed by atoms with E-state index in [1.165, 1.54) is 14.2 Å². The Morgan fingerprint density at radius 2 is 1.77 bits per heavy atom. The first-order valence-electron chi connectivity index (χ1n) is 9.03. The fourth-order valence-electron chi connectivity index (χ4n) is 2.62. The van der Waals surface area contributed by atoms with Gasteiger partial charge in [0, 0.05) is 10.5 Å². The molecule has 0 radical (unpaired) electrons. The molecule has 0 bridgehead atoms. The highest BCUT2D eigenvalue weighted by Crippen LogP contribution is 2.32. The van der Waals surface area contributed by atoms with Gasteiger partial charge in [-0.15, -0.1) is 0 Å². The van der Waals surface area contributed by atoms with Gasteiger partial charge in [0.05, 0.1) is 19.8 Å². The second kappa shape index (κ2) is 11.5. The molecule has 2 rings (SSSR count). The molecule has 0 heterocycles. The van der Waals surface area contributed by atoms with Crippen LogP contribution in [0.5, 0.6) is 11.5 Å². The van der Waals surface area contributed by atoms with Crippen LogP contribution in [0.3, 0.4) is 0 Å². The molecule has 160 valence electrons. The number of thioether (sulfide) groups is 2. The van der Waals surface area contributed by atoms with Crippen molar-refractivity contribution in [1.29, 1.82) is 0 Å². The molecule has 2 amide bonds. The molecule has 0 saturated heterocycles. The standard InChI is InChI=1S/C21H24N2O5S2/c1-27-16-9-8-13(12-17(16)28-2)21(26)30-18-7-5-4-6-14(18)20(25)23-15(19(22)24)10-11-29-3/h4-9,12,15H,10-11H2,1-3H3,(H2,22,24)(H,23,25)/t15-/m0/s1. The number of primary amides is 1. The number of nitrogens with one attached hydrogen (secondary N) is 1. The molecule has 0 aliphatic carbocycles. The summed E-state index contributed by atoms with van der Waals surface area (Å²) in [5.41, 5.74) is 6.11. The number of benzene rings is 2. The zero-order valence-corrected chi connectivity index (χ0v) is 18.6. The third-order valence-corrected chi connectivity index (χ3v) is 5.85. The van der Waals surface area contributed by atoms with Gasteiger partial charge in [0.2, 0.25) is 11.0 Å². The first kappa shape index (κ1) is 23.6. The Morgan fingerprint density at radius 3 is 2.40 bits per heavy atom. The minimum Gasteiger partial charge on any atom is -0.493 e. The number of hydrogen-bond acceptors (Lipinski definition) is 7. The van der Waals surface area contributed by atoms with Crippen molar-refractivity contribution in [2.45, 2.75) is 17.4 Å². The third-order valence-electron chi connectivity index (χ3n) is 4.21. The highest BCUT2D eigenvalue weighted by Gasteiger charge is 2.22. The van der Waals surface area contributed by atoms with Crippen LogP contribution in [0.15, 0.2) is 47.4 Å². The number of carbonyl (C=O) groups is 3. The van der Waals surface area contributed by atoms with Gasteiger partial charge in [-0.25, -0.2) is 0 Å². The SMILES string of the molecule is COc1ccc(C(=O)Sc2ccccc2C(=O)N[C@@H](CCSC)C(N)=O)cc1OC. The molecule has 0 spiro atoms. The van der Waals surface area contributed by atoms with E-state index in [2.05, 4.69) is 5.32 Å². The molecule has 2 aromatic rings. The highest BCUT2D eigenvalue weighted by atomic mass is 32.2. The molecule has 1 atom stereocenters. The molecule has 0 fully saturated rings. The van der Waals surface area contributed by atoms with E-state index in [9.17, 15) is 14.4 Å². The molecule has 0 aromatic heterocycles. The molecular formula is C21H24N2O5S2. The van der Waals surface area contributed by atoms with Crippen LogP contribution < -0.4 is 20.5 Å². The zero-order valence-electron chi connectivity index (χ0n) is 17.0. The summed E-state index contributed by atoms with van der Waals surface area (Å²) < 4.78 is 10.4. The summed E-state index contributed by atoms with van der Waals surface area (Å²) in [6, 6.07) is 10.8. The molecule has 0 aliphatic heterocycles. The van der Waals surface area contributed by atoms with E-state index in [1.54, 1.807) is 54.2 Å². The second-order valence-electron chi connectivity index (χ2n) is 6.17. The Kier molecular flexibility index (Phi) is 9.07. The molecule has 9 heteroatoms. The lowest BCUT2D eigenvalue weighted by atomic mass is 10.1. The second-order valence-corrected chi connectivity index (χ2v) is 8.17. The number of ether oxygens (including phenoxy) is 2. The van der Waals surface area contributed by atoms with Gasteiger partial charge >= 0.3 is 0 Å². The van der Waals surface area contributed by atoms with Crippen LogP contribution in [-0.4, -0.2) is 49.2 Å². The number of rotatable bonds is 10. The maximum atomic E-state index is 12.8. The average Bonchev–Trinajstić information content (AvgIpc) is 2.75. The average molecular weight is 449 g/mol.